The maximum atomic E-state index is 10.7. The lowest BCUT2D eigenvalue weighted by Crippen LogP contribution is -2.34. The zero-order chi connectivity index (χ0) is 14.5. The van der Waals surface area contributed by atoms with E-state index in [4.69, 9.17) is 5.11 Å². The van der Waals surface area contributed by atoms with E-state index >= 15 is 0 Å². The Kier molecular flexibility index (Phi) is 6.01. The van der Waals surface area contributed by atoms with Crippen LogP contribution in [0.2, 0.25) is 0 Å². The van der Waals surface area contributed by atoms with Crippen LogP contribution in [0.3, 0.4) is 0 Å². The number of aliphatic carboxylic acids is 1. The molecule has 0 aliphatic heterocycles. The summed E-state index contributed by atoms with van der Waals surface area (Å²) in [6.45, 7) is 7.67. The molecule has 0 aliphatic rings. The van der Waals surface area contributed by atoms with Crippen molar-refractivity contribution in [1.29, 1.82) is 0 Å². The zero-order valence-electron chi connectivity index (χ0n) is 11.7. The third kappa shape index (κ3) is 5.33. The highest BCUT2D eigenvalue weighted by atomic mass is 79.9. The molecule has 3 nitrogen and oxygen atoms in total. The lowest BCUT2D eigenvalue weighted by atomic mass is 9.84. The summed E-state index contributed by atoms with van der Waals surface area (Å²) in [5.41, 5.74) is 1.31. The molecular formula is C15H22BrNO2. The topological polar surface area (TPSA) is 49.3 Å². The van der Waals surface area contributed by atoms with Gasteiger partial charge in [-0.1, -0.05) is 48.8 Å². The fourth-order valence-electron chi connectivity index (χ4n) is 1.85. The van der Waals surface area contributed by atoms with Gasteiger partial charge in [0, 0.05) is 16.4 Å². The van der Waals surface area contributed by atoms with Gasteiger partial charge in [0.15, 0.2) is 0 Å². The summed E-state index contributed by atoms with van der Waals surface area (Å²) < 4.78 is 1.08. The van der Waals surface area contributed by atoms with Gasteiger partial charge in [-0.2, -0.15) is 0 Å². The molecule has 0 bridgehead atoms. The number of hydrogen-bond acceptors (Lipinski definition) is 2. The number of nitrogens with one attached hydrogen (secondary N) is 1. The number of benzene rings is 1. The van der Waals surface area contributed by atoms with E-state index in [-0.39, 0.29) is 11.3 Å². The van der Waals surface area contributed by atoms with Crippen molar-refractivity contribution in [1.82, 2.24) is 5.32 Å². The van der Waals surface area contributed by atoms with Crippen molar-refractivity contribution in [2.24, 2.45) is 5.92 Å². The Hall–Kier alpha value is -0.870. The number of carboxylic acid groups (broad SMARTS) is 1. The average molecular weight is 328 g/mol. The molecule has 19 heavy (non-hydrogen) atoms. The van der Waals surface area contributed by atoms with E-state index in [0.717, 1.165) is 17.6 Å². The van der Waals surface area contributed by atoms with Gasteiger partial charge in [-0.15, -0.1) is 0 Å². The van der Waals surface area contributed by atoms with Crippen molar-refractivity contribution in [2.45, 2.75) is 32.6 Å². The van der Waals surface area contributed by atoms with E-state index in [1.54, 1.807) is 6.92 Å². The third-order valence-corrected chi connectivity index (χ3v) is 3.90. The van der Waals surface area contributed by atoms with Crippen molar-refractivity contribution in [3.8, 4) is 0 Å². The second-order valence-corrected chi connectivity index (χ2v) is 6.51. The standard InChI is InChI=1S/C15H22BrNO2/c1-11(14(18)19)8-9-17-10-15(2,3)12-4-6-13(16)7-5-12/h4-7,11,17H,8-10H2,1-3H3,(H,18,19). The number of rotatable bonds is 7. The first-order valence-electron chi connectivity index (χ1n) is 6.52. The smallest absolute Gasteiger partial charge is 0.306 e. The molecule has 1 unspecified atom stereocenters. The monoisotopic (exact) mass is 327 g/mol. The van der Waals surface area contributed by atoms with E-state index in [9.17, 15) is 4.79 Å². The van der Waals surface area contributed by atoms with Gasteiger partial charge in [-0.25, -0.2) is 0 Å². The molecule has 0 fully saturated rings. The molecule has 106 valence electrons. The predicted molar refractivity (Wildman–Crippen MR) is 81.5 cm³/mol. The first kappa shape index (κ1) is 16.2. The number of carboxylic acids is 1. The quantitative estimate of drug-likeness (QED) is 0.754. The minimum atomic E-state index is -0.728. The Bertz CT molecular complexity index is 415. The van der Waals surface area contributed by atoms with Crippen LogP contribution < -0.4 is 5.32 Å². The van der Waals surface area contributed by atoms with Crippen LogP contribution in [0, 0.1) is 5.92 Å². The Balaban J connectivity index is 2.43. The molecule has 4 heteroatoms. The van der Waals surface area contributed by atoms with Gasteiger partial charge in [0.1, 0.15) is 0 Å². The van der Waals surface area contributed by atoms with E-state index in [1.807, 2.05) is 12.1 Å². The Morgan fingerprint density at radius 3 is 2.47 bits per heavy atom. The lowest BCUT2D eigenvalue weighted by molar-refractivity contribution is -0.141. The number of hydrogen-bond donors (Lipinski definition) is 2. The maximum absolute atomic E-state index is 10.7. The first-order valence-corrected chi connectivity index (χ1v) is 7.32. The van der Waals surface area contributed by atoms with Crippen LogP contribution >= 0.6 is 15.9 Å². The molecular weight excluding hydrogens is 306 g/mol. The summed E-state index contributed by atoms with van der Waals surface area (Å²) in [4.78, 5) is 10.7. The predicted octanol–water partition coefficient (Wildman–Crippen LogP) is 3.43. The van der Waals surface area contributed by atoms with Gasteiger partial charge in [0.25, 0.3) is 0 Å². The molecule has 1 aromatic carbocycles. The average Bonchev–Trinajstić information content (AvgIpc) is 2.34. The molecule has 0 amide bonds. The highest BCUT2D eigenvalue weighted by molar-refractivity contribution is 9.10. The molecule has 0 radical (unpaired) electrons. The van der Waals surface area contributed by atoms with Gasteiger partial charge < -0.3 is 10.4 Å². The van der Waals surface area contributed by atoms with Crippen molar-refractivity contribution >= 4 is 21.9 Å². The van der Waals surface area contributed by atoms with E-state index in [2.05, 4.69) is 47.2 Å². The summed E-state index contributed by atoms with van der Waals surface area (Å²) in [5, 5.41) is 12.2. The zero-order valence-corrected chi connectivity index (χ0v) is 13.3. The number of halogens is 1. The molecule has 1 aromatic rings. The highest BCUT2D eigenvalue weighted by Gasteiger charge is 2.20. The largest absolute Gasteiger partial charge is 0.481 e. The van der Waals surface area contributed by atoms with Gasteiger partial charge >= 0.3 is 5.97 Å². The summed E-state index contributed by atoms with van der Waals surface area (Å²) in [6.07, 6.45) is 0.658. The van der Waals surface area contributed by atoms with Crippen LogP contribution in [0.25, 0.3) is 0 Å². The van der Waals surface area contributed by atoms with E-state index < -0.39 is 5.97 Å². The van der Waals surface area contributed by atoms with Gasteiger partial charge in [-0.05, 0) is 30.7 Å². The molecule has 0 saturated heterocycles. The van der Waals surface area contributed by atoms with Gasteiger partial charge in [-0.3, -0.25) is 4.79 Å². The van der Waals surface area contributed by atoms with Crippen molar-refractivity contribution in [3.05, 3.63) is 34.3 Å². The van der Waals surface area contributed by atoms with Crippen molar-refractivity contribution in [2.75, 3.05) is 13.1 Å². The van der Waals surface area contributed by atoms with E-state index in [1.165, 1.54) is 5.56 Å². The highest BCUT2D eigenvalue weighted by Crippen LogP contribution is 2.24. The van der Waals surface area contributed by atoms with Gasteiger partial charge in [0.2, 0.25) is 0 Å². The molecule has 0 aliphatic carbocycles. The fraction of sp³-hybridized carbons (Fsp3) is 0.533. The second-order valence-electron chi connectivity index (χ2n) is 5.60. The number of carbonyl (C=O) groups is 1. The molecule has 0 heterocycles. The Labute approximate surface area is 123 Å². The minimum absolute atomic E-state index is 0.0349. The van der Waals surface area contributed by atoms with Crippen LogP contribution in [-0.4, -0.2) is 24.2 Å². The third-order valence-electron chi connectivity index (χ3n) is 3.37. The van der Waals surface area contributed by atoms with Crippen LogP contribution in [0.15, 0.2) is 28.7 Å². The Morgan fingerprint density at radius 1 is 1.37 bits per heavy atom. The summed E-state index contributed by atoms with van der Waals surface area (Å²) in [5.74, 6) is -1.02. The molecule has 1 rings (SSSR count). The fourth-order valence-corrected chi connectivity index (χ4v) is 2.11. The molecule has 2 N–H and O–H groups in total. The van der Waals surface area contributed by atoms with Gasteiger partial charge in [0.05, 0.1) is 5.92 Å². The van der Waals surface area contributed by atoms with Crippen LogP contribution in [0.1, 0.15) is 32.8 Å². The summed E-state index contributed by atoms with van der Waals surface area (Å²) in [7, 11) is 0. The molecule has 1 atom stereocenters. The lowest BCUT2D eigenvalue weighted by Gasteiger charge is -2.26. The van der Waals surface area contributed by atoms with Crippen LogP contribution in [0.4, 0.5) is 0 Å². The summed E-state index contributed by atoms with van der Waals surface area (Å²) in [6, 6.07) is 8.32. The minimum Gasteiger partial charge on any atom is -0.481 e. The van der Waals surface area contributed by atoms with Crippen molar-refractivity contribution in [3.63, 3.8) is 0 Å². The molecule has 0 spiro atoms. The molecule has 0 saturated carbocycles. The Morgan fingerprint density at radius 2 is 1.95 bits per heavy atom. The normalized spacial score (nSPS) is 13.3. The maximum Gasteiger partial charge on any atom is 0.306 e. The van der Waals surface area contributed by atoms with Crippen LogP contribution in [0.5, 0.6) is 0 Å². The summed E-state index contributed by atoms with van der Waals surface area (Å²) >= 11 is 3.43. The first-order chi connectivity index (χ1) is 8.83. The SMILES string of the molecule is CC(CCNCC(C)(C)c1ccc(Br)cc1)C(=O)O. The second kappa shape index (κ2) is 7.06. The van der Waals surface area contributed by atoms with Crippen molar-refractivity contribution < 1.29 is 9.90 Å². The van der Waals surface area contributed by atoms with Crippen LogP contribution in [-0.2, 0) is 10.2 Å². The molecule has 0 aromatic heterocycles. The van der Waals surface area contributed by atoms with E-state index in [0.29, 0.717) is 6.42 Å².